The van der Waals surface area contributed by atoms with Gasteiger partial charge < -0.3 is 24.8 Å². The Labute approximate surface area is 205 Å². The van der Waals surface area contributed by atoms with Crippen LogP contribution in [-0.2, 0) is 4.74 Å². The van der Waals surface area contributed by atoms with Crippen LogP contribution in [0.25, 0.3) is 10.2 Å². The molecule has 7 nitrogen and oxygen atoms in total. The summed E-state index contributed by atoms with van der Waals surface area (Å²) in [7, 11) is 0. The Hall–Kier alpha value is -1.23. The van der Waals surface area contributed by atoms with Gasteiger partial charge in [0.15, 0.2) is 0 Å². The van der Waals surface area contributed by atoms with Gasteiger partial charge in [0.05, 0.1) is 17.3 Å². The molecule has 0 radical (unpaired) electrons. The highest BCUT2D eigenvalue weighted by atomic mass is 79.9. The van der Waals surface area contributed by atoms with E-state index >= 15 is 0 Å². The van der Waals surface area contributed by atoms with Crippen LogP contribution in [0.15, 0.2) is 16.9 Å². The minimum atomic E-state index is -1.02. The summed E-state index contributed by atoms with van der Waals surface area (Å²) in [5.41, 5.74) is 0.152. The molecule has 2 aromatic rings. The van der Waals surface area contributed by atoms with Crippen molar-refractivity contribution in [3.05, 3.63) is 27.4 Å². The molecule has 1 aromatic heterocycles. The maximum absolute atomic E-state index is 12.8. The van der Waals surface area contributed by atoms with E-state index < -0.39 is 17.8 Å². The molecule has 180 valence electrons. The molecule has 0 aliphatic heterocycles. The number of rotatable bonds is 12. The SMILES string of the molecule is CC(C)(C)OC(=O)N(CCSCCCCCCBr)CC(O)c1ccc(O)c2[nH]c(=O)sc12. The third-order valence-corrected chi connectivity index (χ3v) is 7.21. The summed E-state index contributed by atoms with van der Waals surface area (Å²) < 4.78 is 6.03. The average Bonchev–Trinajstić information content (AvgIpc) is 3.10. The number of aliphatic hydroxyl groups is 1. The Bertz CT molecular complexity index is 925. The zero-order valence-electron chi connectivity index (χ0n) is 18.9. The quantitative estimate of drug-likeness (QED) is 0.247. The first-order valence-electron chi connectivity index (χ1n) is 10.8. The minimum absolute atomic E-state index is 0.0344. The fraction of sp³-hybridized carbons (Fsp3) is 0.636. The highest BCUT2D eigenvalue weighted by molar-refractivity contribution is 9.09. The molecule has 0 bridgehead atoms. The van der Waals surface area contributed by atoms with Gasteiger partial charge in [-0.15, -0.1) is 0 Å². The molecule has 1 amide bonds. The number of ether oxygens (including phenoxy) is 1. The van der Waals surface area contributed by atoms with E-state index in [0.29, 0.717) is 22.3 Å². The minimum Gasteiger partial charge on any atom is -0.506 e. The molecule has 1 aromatic carbocycles. The van der Waals surface area contributed by atoms with E-state index in [1.165, 1.54) is 30.2 Å². The lowest BCUT2D eigenvalue weighted by Gasteiger charge is -2.29. The number of nitrogens with one attached hydrogen (secondary N) is 1. The maximum Gasteiger partial charge on any atom is 0.410 e. The molecule has 0 aliphatic carbocycles. The second-order valence-corrected chi connectivity index (χ2v) is 11.6. The highest BCUT2D eigenvalue weighted by Crippen LogP contribution is 2.32. The average molecular weight is 550 g/mol. The second kappa shape index (κ2) is 12.9. The molecule has 0 spiro atoms. The lowest BCUT2D eigenvalue weighted by Crippen LogP contribution is -2.40. The number of phenolic OH excluding ortho intramolecular Hbond substituents is 1. The van der Waals surface area contributed by atoms with Gasteiger partial charge in [-0.2, -0.15) is 11.8 Å². The van der Waals surface area contributed by atoms with Gasteiger partial charge in [0, 0.05) is 23.2 Å². The maximum atomic E-state index is 12.8. The summed E-state index contributed by atoms with van der Waals surface area (Å²) in [4.78, 5) is 28.3. The fourth-order valence-corrected chi connectivity index (χ4v) is 5.40. The highest BCUT2D eigenvalue weighted by Gasteiger charge is 2.26. The molecule has 0 aliphatic rings. The summed E-state index contributed by atoms with van der Waals surface area (Å²) in [6.45, 7) is 5.90. The number of phenols is 1. The number of aromatic hydroxyl groups is 1. The summed E-state index contributed by atoms with van der Waals surface area (Å²) >= 11 is 6.16. The number of aliphatic hydroxyl groups excluding tert-OH is 1. The molecule has 1 heterocycles. The van der Waals surface area contributed by atoms with Gasteiger partial charge in [0.1, 0.15) is 16.9 Å². The Morgan fingerprint density at radius 1 is 1.25 bits per heavy atom. The number of thiazole rings is 1. The van der Waals surface area contributed by atoms with E-state index in [9.17, 15) is 19.8 Å². The summed E-state index contributed by atoms with van der Waals surface area (Å²) in [6, 6.07) is 3.02. The number of hydrogen-bond donors (Lipinski definition) is 3. The topological polar surface area (TPSA) is 103 Å². The first kappa shape index (κ1) is 27.0. The number of amides is 1. The van der Waals surface area contributed by atoms with E-state index in [0.717, 1.165) is 34.6 Å². The van der Waals surface area contributed by atoms with E-state index in [1.807, 2.05) is 20.8 Å². The number of aromatic amines is 1. The molecule has 0 saturated carbocycles. The molecular weight excluding hydrogens is 516 g/mol. The molecular formula is C22H33BrN2O5S2. The van der Waals surface area contributed by atoms with Crippen molar-refractivity contribution in [3.63, 3.8) is 0 Å². The monoisotopic (exact) mass is 548 g/mol. The number of hydrogen-bond acceptors (Lipinski definition) is 7. The molecule has 32 heavy (non-hydrogen) atoms. The van der Waals surface area contributed by atoms with Gasteiger partial charge in [-0.25, -0.2) is 4.79 Å². The normalized spacial score (nSPS) is 12.8. The van der Waals surface area contributed by atoms with Gasteiger partial charge in [-0.1, -0.05) is 46.2 Å². The predicted molar refractivity (Wildman–Crippen MR) is 136 cm³/mol. The number of H-pyrrole nitrogens is 1. The van der Waals surface area contributed by atoms with Gasteiger partial charge in [0.25, 0.3) is 0 Å². The Balaban J connectivity index is 2.03. The van der Waals surface area contributed by atoms with Crippen molar-refractivity contribution in [2.45, 2.75) is 58.2 Å². The Morgan fingerprint density at radius 2 is 1.97 bits per heavy atom. The Kier molecular flexibility index (Phi) is 10.9. The van der Waals surface area contributed by atoms with Crippen LogP contribution < -0.4 is 4.87 Å². The number of aromatic nitrogens is 1. The zero-order chi connectivity index (χ0) is 23.7. The third kappa shape index (κ3) is 8.61. The second-order valence-electron chi connectivity index (χ2n) is 8.55. The molecule has 2 rings (SSSR count). The number of thioether (sulfide) groups is 1. The number of benzene rings is 1. The van der Waals surface area contributed by atoms with Crippen LogP contribution in [0.3, 0.4) is 0 Å². The molecule has 1 atom stereocenters. The van der Waals surface area contributed by atoms with Crippen LogP contribution in [0.2, 0.25) is 0 Å². The van der Waals surface area contributed by atoms with E-state index in [-0.39, 0.29) is 17.2 Å². The predicted octanol–water partition coefficient (Wildman–Crippen LogP) is 5.25. The number of unbranched alkanes of at least 4 members (excludes halogenated alkanes) is 3. The number of fused-ring (bicyclic) bond motifs is 1. The van der Waals surface area contributed by atoms with Crippen molar-refractivity contribution in [2.75, 3.05) is 29.9 Å². The van der Waals surface area contributed by atoms with Crippen molar-refractivity contribution in [3.8, 4) is 5.75 Å². The standard InChI is InChI=1S/C22H33BrN2O5S2/c1-22(2,3)30-21(29)25(11-13-31-12-7-5-4-6-10-23)14-17(27)15-8-9-16(26)18-19(15)32-20(28)24-18/h8-9,17,26-27H,4-7,10-14H2,1-3H3,(H,24,28). The molecule has 1 unspecified atom stereocenters. The van der Waals surface area contributed by atoms with Crippen LogP contribution in [0, 0.1) is 0 Å². The van der Waals surface area contributed by atoms with Crippen LogP contribution >= 0.6 is 39.0 Å². The summed E-state index contributed by atoms with van der Waals surface area (Å²) in [5.74, 6) is 1.72. The van der Waals surface area contributed by atoms with Crippen molar-refractivity contribution in [1.82, 2.24) is 9.88 Å². The molecule has 10 heteroatoms. The van der Waals surface area contributed by atoms with Crippen LogP contribution in [0.4, 0.5) is 4.79 Å². The third-order valence-electron chi connectivity index (χ3n) is 4.67. The van der Waals surface area contributed by atoms with Crippen molar-refractivity contribution >= 4 is 55.3 Å². The molecule has 0 fully saturated rings. The largest absolute Gasteiger partial charge is 0.506 e. The first-order valence-corrected chi connectivity index (χ1v) is 13.9. The van der Waals surface area contributed by atoms with E-state index in [4.69, 9.17) is 4.74 Å². The number of carbonyl (C=O) groups is 1. The van der Waals surface area contributed by atoms with Gasteiger partial charge in [-0.3, -0.25) is 4.79 Å². The summed E-state index contributed by atoms with van der Waals surface area (Å²) in [5, 5.41) is 21.9. The first-order chi connectivity index (χ1) is 15.1. The molecule has 0 saturated heterocycles. The van der Waals surface area contributed by atoms with Gasteiger partial charge in [-0.05, 0) is 45.4 Å². The zero-order valence-corrected chi connectivity index (χ0v) is 22.1. The Morgan fingerprint density at radius 3 is 2.66 bits per heavy atom. The van der Waals surface area contributed by atoms with E-state index in [2.05, 4.69) is 20.9 Å². The van der Waals surface area contributed by atoms with Crippen molar-refractivity contribution < 1.29 is 19.7 Å². The number of alkyl halides is 1. The summed E-state index contributed by atoms with van der Waals surface area (Å²) in [6.07, 6.45) is 3.25. The van der Waals surface area contributed by atoms with Gasteiger partial charge in [0.2, 0.25) is 0 Å². The van der Waals surface area contributed by atoms with Crippen LogP contribution in [0.5, 0.6) is 5.75 Å². The van der Waals surface area contributed by atoms with Crippen LogP contribution in [0.1, 0.15) is 58.1 Å². The lowest BCUT2D eigenvalue weighted by molar-refractivity contribution is 0.0161. The van der Waals surface area contributed by atoms with Crippen molar-refractivity contribution in [2.24, 2.45) is 0 Å². The van der Waals surface area contributed by atoms with E-state index in [1.54, 1.807) is 17.8 Å². The number of halogens is 1. The lowest BCUT2D eigenvalue weighted by atomic mass is 10.1. The smallest absolute Gasteiger partial charge is 0.410 e. The molecule has 3 N–H and O–H groups in total. The number of nitrogens with zero attached hydrogens (tertiary/aromatic N) is 1. The van der Waals surface area contributed by atoms with Gasteiger partial charge >= 0.3 is 11.0 Å². The van der Waals surface area contributed by atoms with Crippen LogP contribution in [-0.4, -0.2) is 61.7 Å². The number of carbonyl (C=O) groups excluding carboxylic acids is 1. The van der Waals surface area contributed by atoms with Crippen molar-refractivity contribution in [1.29, 1.82) is 0 Å². The fourth-order valence-electron chi connectivity index (χ4n) is 3.12.